The second kappa shape index (κ2) is 5.94. The molecule has 3 fully saturated rings. The van der Waals surface area contributed by atoms with Gasteiger partial charge in [0.1, 0.15) is 11.7 Å². The van der Waals surface area contributed by atoms with Gasteiger partial charge in [0, 0.05) is 23.4 Å². The van der Waals surface area contributed by atoms with E-state index in [1.165, 1.54) is 6.92 Å². The molecule has 0 spiro atoms. The molecule has 1 saturated carbocycles. The molecule has 0 bridgehead atoms. The van der Waals surface area contributed by atoms with Crippen molar-refractivity contribution in [3.05, 3.63) is 11.6 Å². The van der Waals surface area contributed by atoms with E-state index in [2.05, 4.69) is 53.8 Å². The molecule has 4 rings (SSSR count). The Morgan fingerprint density at radius 2 is 1.87 bits per heavy atom. The minimum Gasteiger partial charge on any atom is -0.416 e. The van der Waals surface area contributed by atoms with Crippen molar-refractivity contribution in [2.75, 3.05) is 13.2 Å². The van der Waals surface area contributed by atoms with Crippen LogP contribution in [0.3, 0.4) is 0 Å². The lowest BCUT2D eigenvalue weighted by atomic mass is 9.51. The summed E-state index contributed by atoms with van der Waals surface area (Å²) < 4.78 is 19.4. The molecular formula is C24H38O5Si. The third-order valence-corrected chi connectivity index (χ3v) is 14.0. The zero-order valence-electron chi connectivity index (χ0n) is 20.3. The van der Waals surface area contributed by atoms with Gasteiger partial charge in [-0.05, 0) is 51.4 Å². The van der Waals surface area contributed by atoms with Crippen molar-refractivity contribution in [1.82, 2.24) is 0 Å². The van der Waals surface area contributed by atoms with E-state index in [0.29, 0.717) is 13.2 Å². The number of rotatable bonds is 4. The van der Waals surface area contributed by atoms with Crippen molar-refractivity contribution < 1.29 is 23.5 Å². The molecule has 168 valence electrons. The van der Waals surface area contributed by atoms with Crippen molar-refractivity contribution >= 4 is 19.9 Å². The van der Waals surface area contributed by atoms with Crippen LogP contribution in [0.1, 0.15) is 55.4 Å². The van der Waals surface area contributed by atoms with Crippen LogP contribution >= 0.6 is 0 Å². The fourth-order valence-electron chi connectivity index (χ4n) is 7.10. The molecule has 4 aliphatic rings. The summed E-state index contributed by atoms with van der Waals surface area (Å²) in [5, 5.41) is 0.0997. The zero-order valence-corrected chi connectivity index (χ0v) is 21.3. The number of ether oxygens (including phenoxy) is 2. The van der Waals surface area contributed by atoms with E-state index in [9.17, 15) is 9.59 Å². The zero-order chi connectivity index (χ0) is 22.7. The smallest absolute Gasteiger partial charge is 0.192 e. The van der Waals surface area contributed by atoms with Crippen molar-refractivity contribution in [3.63, 3.8) is 0 Å². The molecule has 0 aromatic carbocycles. The molecule has 2 aliphatic carbocycles. The van der Waals surface area contributed by atoms with Gasteiger partial charge in [-0.2, -0.15) is 0 Å². The maximum absolute atomic E-state index is 13.9. The lowest BCUT2D eigenvalue weighted by Crippen LogP contribution is -2.56. The summed E-state index contributed by atoms with van der Waals surface area (Å²) in [6.45, 7) is 21.9. The van der Waals surface area contributed by atoms with Crippen LogP contribution in [0.4, 0.5) is 0 Å². The van der Waals surface area contributed by atoms with Crippen molar-refractivity contribution in [2.45, 2.75) is 91.3 Å². The first-order chi connectivity index (χ1) is 13.5. The molecule has 0 aromatic heterocycles. The molecule has 2 heterocycles. The molecule has 2 saturated heterocycles. The lowest BCUT2D eigenvalue weighted by Gasteiger charge is -2.51. The van der Waals surface area contributed by atoms with Crippen LogP contribution in [0.25, 0.3) is 0 Å². The minimum absolute atomic E-state index is 0.0162. The number of carbonyl (C=O) groups is 2. The molecular weight excluding hydrogens is 396 g/mol. The average molecular weight is 435 g/mol. The van der Waals surface area contributed by atoms with Gasteiger partial charge >= 0.3 is 0 Å². The van der Waals surface area contributed by atoms with Crippen LogP contribution in [-0.4, -0.2) is 50.9 Å². The summed E-state index contributed by atoms with van der Waals surface area (Å²) in [4.78, 5) is 26.5. The monoisotopic (exact) mass is 434 g/mol. The van der Waals surface area contributed by atoms with Crippen LogP contribution in [0.15, 0.2) is 11.6 Å². The maximum atomic E-state index is 13.9. The molecule has 30 heavy (non-hydrogen) atoms. The molecule has 6 heteroatoms. The fourth-order valence-corrected chi connectivity index (χ4v) is 8.16. The Balaban J connectivity index is 1.85. The molecule has 0 aromatic rings. The van der Waals surface area contributed by atoms with Gasteiger partial charge in [-0.3, -0.25) is 9.59 Å². The summed E-state index contributed by atoms with van der Waals surface area (Å²) in [6, 6.07) is 0. The Hall–Kier alpha value is -0.823. The van der Waals surface area contributed by atoms with Crippen molar-refractivity contribution in [2.24, 2.45) is 22.2 Å². The highest BCUT2D eigenvalue weighted by molar-refractivity contribution is 6.74. The molecule has 0 N–H and O–H groups in total. The standard InChI is InChI=1S/C24H38O5Si/c1-14-11-24(13-28-30(9,10)20(3,4)5)12-27-23(8)18(24)21(6)16(14)29-17(15(2)25)22(21,7)19(23)26/h11,16-18H,12-13H2,1-10H3/t16-,17-,18+,21-,22+,23?,24-/m0/s1. The van der Waals surface area contributed by atoms with E-state index in [1.807, 2.05) is 13.8 Å². The molecule has 1 unspecified atom stereocenters. The first-order valence-electron chi connectivity index (χ1n) is 11.2. The molecule has 0 amide bonds. The van der Waals surface area contributed by atoms with Gasteiger partial charge in [0.15, 0.2) is 19.9 Å². The largest absolute Gasteiger partial charge is 0.416 e. The second-order valence-electron chi connectivity index (χ2n) is 12.3. The number of hydrogen-bond acceptors (Lipinski definition) is 5. The van der Waals surface area contributed by atoms with Crippen LogP contribution in [0, 0.1) is 22.2 Å². The number of ketones is 2. The SMILES string of the molecule is CC(=O)[C@@H]1O[C@H]2C(C)=C[C@@]3(CO[Si](C)(C)C(C)(C)C)COC4(C)C(=O)[C@]1(C)[C@]2(C)[C@H]43. The predicted molar refractivity (Wildman–Crippen MR) is 118 cm³/mol. The number of hydrogen-bond donors (Lipinski definition) is 0. The van der Waals surface area contributed by atoms with E-state index in [0.717, 1.165) is 5.57 Å². The number of Topliss-reactive ketones (excluding diaryl/α,β-unsaturated/α-hetero) is 2. The van der Waals surface area contributed by atoms with E-state index in [-0.39, 0.29) is 34.0 Å². The number of carbonyl (C=O) groups excluding carboxylic acids is 2. The summed E-state index contributed by atoms with van der Waals surface area (Å²) in [7, 11) is -1.99. The highest BCUT2D eigenvalue weighted by Crippen LogP contribution is 2.75. The van der Waals surface area contributed by atoms with Crippen LogP contribution < -0.4 is 0 Å². The van der Waals surface area contributed by atoms with E-state index < -0.39 is 30.9 Å². The summed E-state index contributed by atoms with van der Waals surface area (Å²) in [5.74, 6) is -0.152. The van der Waals surface area contributed by atoms with Gasteiger partial charge in [-0.1, -0.05) is 33.8 Å². The summed E-state index contributed by atoms with van der Waals surface area (Å²) >= 11 is 0. The van der Waals surface area contributed by atoms with Crippen LogP contribution in [0.2, 0.25) is 18.1 Å². The Bertz CT molecular complexity index is 856. The Morgan fingerprint density at radius 1 is 1.27 bits per heavy atom. The first kappa shape index (κ1) is 22.4. The normalized spacial score (nSPS) is 47.5. The van der Waals surface area contributed by atoms with E-state index in [4.69, 9.17) is 13.9 Å². The third-order valence-electron chi connectivity index (χ3n) is 9.55. The molecule has 7 atom stereocenters. The van der Waals surface area contributed by atoms with Crippen LogP contribution in [0.5, 0.6) is 0 Å². The van der Waals surface area contributed by atoms with Gasteiger partial charge < -0.3 is 13.9 Å². The molecule has 0 radical (unpaired) electrons. The molecule has 5 nitrogen and oxygen atoms in total. The third kappa shape index (κ3) is 2.29. The van der Waals surface area contributed by atoms with Crippen molar-refractivity contribution in [3.8, 4) is 0 Å². The van der Waals surface area contributed by atoms with E-state index in [1.54, 1.807) is 0 Å². The average Bonchev–Trinajstić information content (AvgIpc) is 3.08. The van der Waals surface area contributed by atoms with Gasteiger partial charge in [-0.15, -0.1) is 0 Å². The van der Waals surface area contributed by atoms with Gasteiger partial charge in [-0.25, -0.2) is 0 Å². The predicted octanol–water partition coefficient (Wildman–Crippen LogP) is 4.31. The fraction of sp³-hybridized carbons (Fsp3) is 0.833. The van der Waals surface area contributed by atoms with Gasteiger partial charge in [0.2, 0.25) is 0 Å². The van der Waals surface area contributed by atoms with Gasteiger partial charge in [0.25, 0.3) is 0 Å². The Morgan fingerprint density at radius 3 is 2.40 bits per heavy atom. The highest BCUT2D eigenvalue weighted by atomic mass is 28.4. The summed E-state index contributed by atoms with van der Waals surface area (Å²) in [6.07, 6.45) is 1.27. The summed E-state index contributed by atoms with van der Waals surface area (Å²) in [5.41, 5.74) is -1.64. The minimum atomic E-state index is -1.99. The second-order valence-corrected chi connectivity index (χ2v) is 17.1. The highest BCUT2D eigenvalue weighted by Gasteiger charge is 2.85. The van der Waals surface area contributed by atoms with Crippen LogP contribution in [-0.2, 0) is 23.5 Å². The van der Waals surface area contributed by atoms with E-state index >= 15 is 0 Å². The van der Waals surface area contributed by atoms with Crippen molar-refractivity contribution in [1.29, 1.82) is 0 Å². The lowest BCUT2D eigenvalue weighted by molar-refractivity contribution is -0.151. The van der Waals surface area contributed by atoms with Gasteiger partial charge in [0.05, 0.1) is 18.1 Å². The Kier molecular flexibility index (Phi) is 4.43. The maximum Gasteiger partial charge on any atom is 0.192 e. The quantitative estimate of drug-likeness (QED) is 0.487. The topological polar surface area (TPSA) is 61.8 Å². The molecule has 2 aliphatic heterocycles. The Labute approximate surface area is 182 Å². The first-order valence-corrected chi connectivity index (χ1v) is 14.1.